The molecule has 1 atom stereocenters. The van der Waals surface area contributed by atoms with Gasteiger partial charge < -0.3 is 10.0 Å². The van der Waals surface area contributed by atoms with Crippen LogP contribution in [0.25, 0.3) is 5.69 Å². The van der Waals surface area contributed by atoms with E-state index in [1.54, 1.807) is 22.6 Å². The van der Waals surface area contributed by atoms with E-state index in [-0.39, 0.29) is 18.3 Å². The summed E-state index contributed by atoms with van der Waals surface area (Å²) in [4.78, 5) is 26.5. The van der Waals surface area contributed by atoms with Gasteiger partial charge in [0.1, 0.15) is 11.5 Å². The van der Waals surface area contributed by atoms with Crippen LogP contribution in [0.3, 0.4) is 0 Å². The largest absolute Gasteiger partial charge is 0.481 e. The number of aliphatic carboxylic acids is 1. The van der Waals surface area contributed by atoms with Crippen molar-refractivity contribution in [3.63, 3.8) is 0 Å². The third kappa shape index (κ3) is 2.89. The van der Waals surface area contributed by atoms with Gasteiger partial charge in [0.15, 0.2) is 5.69 Å². The fourth-order valence-electron chi connectivity index (χ4n) is 4.42. The van der Waals surface area contributed by atoms with E-state index in [0.29, 0.717) is 30.8 Å². The normalized spacial score (nSPS) is 21.6. The first-order valence-electron chi connectivity index (χ1n) is 9.71. The van der Waals surface area contributed by atoms with E-state index >= 15 is 0 Å². The van der Waals surface area contributed by atoms with Crippen molar-refractivity contribution in [1.29, 1.82) is 0 Å². The summed E-state index contributed by atoms with van der Waals surface area (Å²) in [5.41, 5.74) is 2.29. The number of carbonyl (C=O) groups excluding carboxylic acids is 1. The third-order valence-corrected chi connectivity index (χ3v) is 6.03. The molecular formula is C21H24FN3O3. The Balaban J connectivity index is 1.74. The van der Waals surface area contributed by atoms with Crippen LogP contribution in [-0.4, -0.2) is 44.8 Å². The number of nitrogens with zero attached hydrogens (tertiary/aromatic N) is 3. The highest BCUT2D eigenvalue weighted by atomic mass is 19.1. The molecule has 148 valence electrons. The molecule has 1 aliphatic carbocycles. The minimum atomic E-state index is -0.943. The lowest BCUT2D eigenvalue weighted by Gasteiger charge is -2.37. The summed E-state index contributed by atoms with van der Waals surface area (Å²) in [6, 6.07) is 4.88. The number of para-hydroxylation sites is 1. The number of amides is 1. The molecule has 1 N–H and O–H groups in total. The summed E-state index contributed by atoms with van der Waals surface area (Å²) in [5, 5.41) is 14.1. The summed E-state index contributed by atoms with van der Waals surface area (Å²) in [6.45, 7) is 4.19. The standard InChI is InChI=1S/C21H24FN3O3/c1-13-6-3-8-15(22)18(13)25-16-9-4-7-14(16)17(23-25)19(26)24-11-5-10-21(2,12-24)20(27)28/h3,6,8H,4-5,7,9-12H2,1-2H3,(H,27,28). The van der Waals surface area contributed by atoms with Crippen LogP contribution >= 0.6 is 0 Å². The molecule has 1 amide bonds. The predicted octanol–water partition coefficient (Wildman–Crippen LogP) is 3.14. The van der Waals surface area contributed by atoms with Crippen molar-refractivity contribution in [3.8, 4) is 5.69 Å². The van der Waals surface area contributed by atoms with Crippen molar-refractivity contribution in [1.82, 2.24) is 14.7 Å². The second kappa shape index (κ2) is 6.72. The molecule has 7 heteroatoms. The van der Waals surface area contributed by atoms with E-state index in [1.807, 2.05) is 13.0 Å². The molecule has 28 heavy (non-hydrogen) atoms. The van der Waals surface area contributed by atoms with Gasteiger partial charge >= 0.3 is 5.97 Å². The van der Waals surface area contributed by atoms with Crippen LogP contribution in [0.2, 0.25) is 0 Å². The monoisotopic (exact) mass is 385 g/mol. The van der Waals surface area contributed by atoms with Crippen molar-refractivity contribution in [2.45, 2.75) is 46.0 Å². The molecule has 1 unspecified atom stereocenters. The molecule has 2 aliphatic rings. The molecule has 1 aliphatic heterocycles. The maximum absolute atomic E-state index is 14.5. The van der Waals surface area contributed by atoms with Gasteiger partial charge in [0.25, 0.3) is 5.91 Å². The fourth-order valence-corrected chi connectivity index (χ4v) is 4.42. The number of carbonyl (C=O) groups is 2. The molecule has 0 spiro atoms. The Kier molecular flexibility index (Phi) is 4.48. The van der Waals surface area contributed by atoms with Gasteiger partial charge in [0.05, 0.1) is 5.41 Å². The molecule has 2 heterocycles. The summed E-state index contributed by atoms with van der Waals surface area (Å²) < 4.78 is 16.1. The number of carboxylic acid groups (broad SMARTS) is 1. The first kappa shape index (κ1) is 18.7. The number of benzene rings is 1. The molecule has 1 saturated heterocycles. The quantitative estimate of drug-likeness (QED) is 0.881. The average Bonchev–Trinajstić information content (AvgIpc) is 3.24. The van der Waals surface area contributed by atoms with Gasteiger partial charge in [0.2, 0.25) is 0 Å². The summed E-state index contributed by atoms with van der Waals surface area (Å²) in [7, 11) is 0. The Labute approximate surface area is 163 Å². The molecule has 6 nitrogen and oxygen atoms in total. The molecule has 0 radical (unpaired) electrons. The predicted molar refractivity (Wildman–Crippen MR) is 101 cm³/mol. The molecule has 1 aromatic carbocycles. The van der Waals surface area contributed by atoms with Gasteiger partial charge in [-0.1, -0.05) is 12.1 Å². The lowest BCUT2D eigenvalue weighted by molar-refractivity contribution is -0.150. The number of carboxylic acids is 1. The number of halogens is 1. The minimum Gasteiger partial charge on any atom is -0.481 e. The first-order valence-corrected chi connectivity index (χ1v) is 9.71. The molecule has 0 bridgehead atoms. The van der Waals surface area contributed by atoms with E-state index in [1.165, 1.54) is 6.07 Å². The van der Waals surface area contributed by atoms with Crippen LogP contribution in [0.1, 0.15) is 53.5 Å². The second-order valence-corrected chi connectivity index (χ2v) is 8.14. The number of rotatable bonds is 3. The van der Waals surface area contributed by atoms with Crippen molar-refractivity contribution in [2.24, 2.45) is 5.41 Å². The topological polar surface area (TPSA) is 75.4 Å². The maximum atomic E-state index is 14.5. The van der Waals surface area contributed by atoms with Crippen LogP contribution in [-0.2, 0) is 17.6 Å². The van der Waals surface area contributed by atoms with E-state index in [9.17, 15) is 19.1 Å². The second-order valence-electron chi connectivity index (χ2n) is 8.14. The Morgan fingerprint density at radius 3 is 2.75 bits per heavy atom. The highest BCUT2D eigenvalue weighted by Gasteiger charge is 2.41. The zero-order valence-corrected chi connectivity index (χ0v) is 16.2. The molecule has 1 aromatic heterocycles. The Morgan fingerprint density at radius 1 is 1.25 bits per heavy atom. The van der Waals surface area contributed by atoms with E-state index < -0.39 is 11.4 Å². The van der Waals surface area contributed by atoms with Gasteiger partial charge in [-0.15, -0.1) is 0 Å². The summed E-state index contributed by atoms with van der Waals surface area (Å²) in [5.74, 6) is -1.51. The van der Waals surface area contributed by atoms with E-state index in [0.717, 1.165) is 36.1 Å². The highest BCUT2D eigenvalue weighted by Crippen LogP contribution is 2.33. The average molecular weight is 385 g/mol. The Hall–Kier alpha value is -2.70. The molecule has 2 aromatic rings. The smallest absolute Gasteiger partial charge is 0.311 e. The zero-order valence-electron chi connectivity index (χ0n) is 16.2. The fraction of sp³-hybridized carbons (Fsp3) is 0.476. The van der Waals surface area contributed by atoms with Crippen LogP contribution < -0.4 is 0 Å². The number of hydrogen-bond donors (Lipinski definition) is 1. The number of fused-ring (bicyclic) bond motifs is 1. The number of aryl methyl sites for hydroxylation is 1. The molecule has 4 rings (SSSR count). The Morgan fingerprint density at radius 2 is 2.04 bits per heavy atom. The molecule has 1 fully saturated rings. The lowest BCUT2D eigenvalue weighted by atomic mass is 9.82. The Bertz CT molecular complexity index is 948. The van der Waals surface area contributed by atoms with Crippen LogP contribution in [0, 0.1) is 18.2 Å². The number of aromatic nitrogens is 2. The minimum absolute atomic E-state index is 0.168. The van der Waals surface area contributed by atoms with Crippen molar-refractivity contribution >= 4 is 11.9 Å². The van der Waals surface area contributed by atoms with Crippen molar-refractivity contribution < 1.29 is 19.1 Å². The number of likely N-dealkylation sites (tertiary alicyclic amines) is 1. The summed E-state index contributed by atoms with van der Waals surface area (Å²) >= 11 is 0. The number of piperidine rings is 1. The van der Waals surface area contributed by atoms with E-state index in [4.69, 9.17) is 0 Å². The van der Waals surface area contributed by atoms with Gasteiger partial charge in [-0.05, 0) is 57.6 Å². The van der Waals surface area contributed by atoms with Gasteiger partial charge in [-0.2, -0.15) is 5.10 Å². The lowest BCUT2D eigenvalue weighted by Crippen LogP contribution is -2.48. The summed E-state index contributed by atoms with van der Waals surface area (Å²) in [6.07, 6.45) is 3.56. The third-order valence-electron chi connectivity index (χ3n) is 6.03. The van der Waals surface area contributed by atoms with Crippen molar-refractivity contribution in [3.05, 3.63) is 46.5 Å². The first-order chi connectivity index (χ1) is 13.3. The van der Waals surface area contributed by atoms with Crippen LogP contribution in [0.5, 0.6) is 0 Å². The number of hydrogen-bond acceptors (Lipinski definition) is 3. The van der Waals surface area contributed by atoms with E-state index in [2.05, 4.69) is 5.10 Å². The van der Waals surface area contributed by atoms with Gasteiger partial charge in [-0.3, -0.25) is 9.59 Å². The van der Waals surface area contributed by atoms with Crippen LogP contribution in [0.15, 0.2) is 18.2 Å². The van der Waals surface area contributed by atoms with Gasteiger partial charge in [-0.25, -0.2) is 9.07 Å². The zero-order chi connectivity index (χ0) is 20.1. The maximum Gasteiger partial charge on any atom is 0.311 e. The highest BCUT2D eigenvalue weighted by molar-refractivity contribution is 5.95. The van der Waals surface area contributed by atoms with Gasteiger partial charge in [0, 0.05) is 24.3 Å². The van der Waals surface area contributed by atoms with Crippen molar-refractivity contribution in [2.75, 3.05) is 13.1 Å². The molecule has 0 saturated carbocycles. The van der Waals surface area contributed by atoms with Crippen LogP contribution in [0.4, 0.5) is 4.39 Å². The molecular weight excluding hydrogens is 361 g/mol. The SMILES string of the molecule is Cc1cccc(F)c1-n1nc(C(=O)N2CCCC(C)(C(=O)O)C2)c2c1CCC2.